The molecule has 3 N–H and O–H groups in total. The summed E-state index contributed by atoms with van der Waals surface area (Å²) in [6.07, 6.45) is 6.01. The lowest BCUT2D eigenvalue weighted by atomic mass is 9.98. The molecular weight excluding hydrogens is 326 g/mol. The molecule has 0 amide bonds. The molecule has 0 fully saturated rings. The van der Waals surface area contributed by atoms with Gasteiger partial charge in [-0.1, -0.05) is 26.0 Å². The topological polar surface area (TPSA) is 74.5 Å². The van der Waals surface area contributed by atoms with E-state index in [0.717, 1.165) is 31.2 Å². The summed E-state index contributed by atoms with van der Waals surface area (Å²) in [5.41, 5.74) is 1.59. The van der Waals surface area contributed by atoms with Crippen LogP contribution in [0, 0.1) is 0 Å². The van der Waals surface area contributed by atoms with Gasteiger partial charge in [0.15, 0.2) is 5.96 Å². The fourth-order valence-corrected chi connectivity index (χ4v) is 2.60. The third-order valence-electron chi connectivity index (χ3n) is 4.60. The van der Waals surface area contributed by atoms with Gasteiger partial charge in [0, 0.05) is 25.5 Å². The van der Waals surface area contributed by atoms with Gasteiger partial charge in [-0.2, -0.15) is 5.10 Å². The molecule has 0 spiro atoms. The van der Waals surface area contributed by atoms with E-state index in [0.29, 0.717) is 19.4 Å². The van der Waals surface area contributed by atoms with Crippen molar-refractivity contribution in [1.82, 2.24) is 20.4 Å². The summed E-state index contributed by atoms with van der Waals surface area (Å²) in [4.78, 5) is 4.54. The highest BCUT2D eigenvalue weighted by atomic mass is 16.3. The average molecular weight is 358 g/mol. The standard InChI is InChI=1S/C20H31N5O/c1-4-20(26,5-2)16-23-19(21-6-3)22-14-12-17-8-10-18(11-9-17)25-15-7-13-24-25/h7-11,13,15,26H,4-6,12,14,16H2,1-3H3,(H2,21,22,23). The third kappa shape index (κ3) is 5.88. The normalized spacial score (nSPS) is 12.2. The highest BCUT2D eigenvalue weighted by Gasteiger charge is 2.21. The number of nitrogens with one attached hydrogen (secondary N) is 2. The van der Waals surface area contributed by atoms with Crippen LogP contribution in [0.4, 0.5) is 0 Å². The fourth-order valence-electron chi connectivity index (χ4n) is 2.60. The Labute approximate surface area is 156 Å². The molecule has 1 aromatic carbocycles. The Morgan fingerprint density at radius 3 is 2.46 bits per heavy atom. The zero-order valence-electron chi connectivity index (χ0n) is 16.1. The smallest absolute Gasteiger partial charge is 0.191 e. The van der Waals surface area contributed by atoms with E-state index in [4.69, 9.17) is 0 Å². The quantitative estimate of drug-likeness (QED) is 0.476. The van der Waals surface area contributed by atoms with Crippen molar-refractivity contribution in [1.29, 1.82) is 0 Å². The van der Waals surface area contributed by atoms with Crippen molar-refractivity contribution in [2.24, 2.45) is 4.99 Å². The number of hydrogen-bond acceptors (Lipinski definition) is 3. The summed E-state index contributed by atoms with van der Waals surface area (Å²) in [6.45, 7) is 8.01. The predicted molar refractivity (Wildman–Crippen MR) is 107 cm³/mol. The van der Waals surface area contributed by atoms with Gasteiger partial charge in [-0.25, -0.2) is 4.68 Å². The van der Waals surface area contributed by atoms with Crippen LogP contribution in [0.15, 0.2) is 47.7 Å². The van der Waals surface area contributed by atoms with Gasteiger partial charge < -0.3 is 15.7 Å². The maximum absolute atomic E-state index is 10.4. The van der Waals surface area contributed by atoms with E-state index in [1.54, 1.807) is 6.20 Å². The predicted octanol–water partition coefficient (Wildman–Crippen LogP) is 2.52. The second kappa shape index (κ2) is 9.97. The highest BCUT2D eigenvalue weighted by molar-refractivity contribution is 5.79. The fraction of sp³-hybridized carbons (Fsp3) is 0.500. The van der Waals surface area contributed by atoms with E-state index < -0.39 is 5.60 Å². The first kappa shape index (κ1) is 20.0. The minimum Gasteiger partial charge on any atom is -0.388 e. The maximum atomic E-state index is 10.4. The molecule has 142 valence electrons. The summed E-state index contributed by atoms with van der Waals surface area (Å²) >= 11 is 0. The molecule has 2 aromatic rings. The Balaban J connectivity index is 1.87. The second-order valence-electron chi connectivity index (χ2n) is 6.42. The van der Waals surface area contributed by atoms with Crippen LogP contribution in [0.2, 0.25) is 0 Å². The van der Waals surface area contributed by atoms with Gasteiger partial charge in [-0.15, -0.1) is 0 Å². The number of nitrogens with zero attached hydrogens (tertiary/aromatic N) is 3. The van der Waals surface area contributed by atoms with E-state index in [1.165, 1.54) is 5.56 Å². The van der Waals surface area contributed by atoms with Crippen LogP contribution in [0.3, 0.4) is 0 Å². The van der Waals surface area contributed by atoms with Crippen molar-refractivity contribution >= 4 is 5.96 Å². The van der Waals surface area contributed by atoms with Gasteiger partial charge in [-0.05, 0) is 49.9 Å². The minimum atomic E-state index is -0.718. The molecule has 1 aromatic heterocycles. The first-order valence-corrected chi connectivity index (χ1v) is 9.43. The lowest BCUT2D eigenvalue weighted by Crippen LogP contribution is -2.40. The molecule has 6 nitrogen and oxygen atoms in total. The Morgan fingerprint density at radius 2 is 1.88 bits per heavy atom. The van der Waals surface area contributed by atoms with Gasteiger partial charge in [0.2, 0.25) is 0 Å². The molecule has 0 bridgehead atoms. The molecule has 0 radical (unpaired) electrons. The minimum absolute atomic E-state index is 0.411. The summed E-state index contributed by atoms with van der Waals surface area (Å²) in [5, 5.41) is 21.2. The SMILES string of the molecule is CCNC(=NCC(O)(CC)CC)NCCc1ccc(-n2cccn2)cc1. The van der Waals surface area contributed by atoms with Gasteiger partial charge in [0.25, 0.3) is 0 Å². The number of benzene rings is 1. The molecule has 6 heteroatoms. The molecule has 0 aliphatic heterocycles. The van der Waals surface area contributed by atoms with Crippen molar-refractivity contribution in [3.05, 3.63) is 48.3 Å². The van der Waals surface area contributed by atoms with Crippen LogP contribution in [0.5, 0.6) is 0 Å². The van der Waals surface area contributed by atoms with Crippen LogP contribution in [0.25, 0.3) is 5.69 Å². The first-order chi connectivity index (χ1) is 12.6. The molecule has 0 saturated carbocycles. The molecule has 2 rings (SSSR count). The van der Waals surface area contributed by atoms with E-state index in [9.17, 15) is 5.11 Å². The van der Waals surface area contributed by atoms with Crippen molar-refractivity contribution in [3.8, 4) is 5.69 Å². The number of rotatable bonds is 9. The van der Waals surface area contributed by atoms with E-state index in [1.807, 2.05) is 37.7 Å². The maximum Gasteiger partial charge on any atom is 0.191 e. The number of hydrogen-bond donors (Lipinski definition) is 3. The van der Waals surface area contributed by atoms with Crippen LogP contribution in [0.1, 0.15) is 39.2 Å². The van der Waals surface area contributed by atoms with Gasteiger partial charge in [0.1, 0.15) is 0 Å². The van der Waals surface area contributed by atoms with Crippen molar-refractivity contribution in [2.75, 3.05) is 19.6 Å². The van der Waals surface area contributed by atoms with E-state index in [2.05, 4.69) is 45.0 Å². The molecular formula is C20H31N5O. The largest absolute Gasteiger partial charge is 0.388 e. The average Bonchev–Trinajstić information content (AvgIpc) is 3.21. The Hall–Kier alpha value is -2.34. The third-order valence-corrected chi connectivity index (χ3v) is 4.60. The summed E-state index contributed by atoms with van der Waals surface area (Å²) in [5.74, 6) is 0.751. The van der Waals surface area contributed by atoms with Crippen LogP contribution in [-0.2, 0) is 6.42 Å². The van der Waals surface area contributed by atoms with Crippen molar-refractivity contribution in [3.63, 3.8) is 0 Å². The zero-order chi connectivity index (χ0) is 18.8. The molecule has 0 atom stereocenters. The molecule has 26 heavy (non-hydrogen) atoms. The number of aliphatic hydroxyl groups is 1. The summed E-state index contributed by atoms with van der Waals surface area (Å²) < 4.78 is 1.85. The van der Waals surface area contributed by atoms with E-state index >= 15 is 0 Å². The second-order valence-corrected chi connectivity index (χ2v) is 6.42. The Kier molecular flexibility index (Phi) is 7.66. The van der Waals surface area contributed by atoms with Gasteiger partial charge in [0.05, 0.1) is 17.8 Å². The van der Waals surface area contributed by atoms with Crippen LogP contribution in [-0.4, -0.2) is 46.1 Å². The van der Waals surface area contributed by atoms with Crippen molar-refractivity contribution < 1.29 is 5.11 Å². The molecule has 0 saturated heterocycles. The zero-order valence-corrected chi connectivity index (χ0v) is 16.1. The number of guanidine groups is 1. The Bertz CT molecular complexity index is 660. The van der Waals surface area contributed by atoms with Crippen LogP contribution >= 0.6 is 0 Å². The molecule has 0 aliphatic carbocycles. The Morgan fingerprint density at radius 1 is 1.15 bits per heavy atom. The monoisotopic (exact) mass is 357 g/mol. The van der Waals surface area contributed by atoms with E-state index in [-0.39, 0.29) is 0 Å². The highest BCUT2D eigenvalue weighted by Crippen LogP contribution is 2.14. The molecule has 1 heterocycles. The van der Waals surface area contributed by atoms with Gasteiger partial charge >= 0.3 is 0 Å². The molecule has 0 aliphatic rings. The number of aromatic nitrogens is 2. The summed E-state index contributed by atoms with van der Waals surface area (Å²) in [7, 11) is 0. The lowest BCUT2D eigenvalue weighted by Gasteiger charge is -2.23. The van der Waals surface area contributed by atoms with Crippen LogP contribution < -0.4 is 10.6 Å². The van der Waals surface area contributed by atoms with Crippen molar-refractivity contribution in [2.45, 2.75) is 45.6 Å². The lowest BCUT2D eigenvalue weighted by molar-refractivity contribution is 0.0418. The van der Waals surface area contributed by atoms with Gasteiger partial charge in [-0.3, -0.25) is 4.99 Å². The number of aliphatic imine (C=N–C) groups is 1. The summed E-state index contributed by atoms with van der Waals surface area (Å²) in [6, 6.07) is 10.3. The first-order valence-electron chi connectivity index (χ1n) is 9.43. The molecule has 0 unspecified atom stereocenters.